The average molecular weight is 298 g/mol. The molecule has 22 heavy (non-hydrogen) atoms. The summed E-state index contributed by atoms with van der Waals surface area (Å²) in [7, 11) is 0. The first kappa shape index (κ1) is 14.1. The lowest BCUT2D eigenvalue weighted by Gasteiger charge is -2.31. The van der Waals surface area contributed by atoms with E-state index in [-0.39, 0.29) is 5.92 Å². The summed E-state index contributed by atoms with van der Waals surface area (Å²) >= 11 is 0. The molecule has 0 saturated heterocycles. The van der Waals surface area contributed by atoms with E-state index in [1.54, 1.807) is 0 Å². The third-order valence-corrected chi connectivity index (χ3v) is 5.97. The summed E-state index contributed by atoms with van der Waals surface area (Å²) < 4.78 is 0. The molecule has 3 heteroatoms. The quantitative estimate of drug-likeness (QED) is 0.845. The van der Waals surface area contributed by atoms with Crippen molar-refractivity contribution in [2.75, 3.05) is 17.2 Å². The highest BCUT2D eigenvalue weighted by atomic mass is 16.2. The predicted octanol–water partition coefficient (Wildman–Crippen LogP) is 3.76. The van der Waals surface area contributed by atoms with Gasteiger partial charge in [0.1, 0.15) is 0 Å². The molecule has 0 bridgehead atoms. The van der Waals surface area contributed by atoms with Crippen LogP contribution in [0.4, 0.5) is 11.4 Å². The maximum absolute atomic E-state index is 13.0. The number of carbonyl (C=O) groups is 1. The Hall–Kier alpha value is -1.51. The second kappa shape index (κ2) is 5.60. The minimum Gasteiger partial charge on any atom is -0.398 e. The summed E-state index contributed by atoms with van der Waals surface area (Å²) in [6.07, 6.45) is 9.97. The molecule has 2 fully saturated rings. The molecule has 1 aromatic rings. The van der Waals surface area contributed by atoms with E-state index in [0.717, 1.165) is 43.1 Å². The van der Waals surface area contributed by atoms with Crippen molar-refractivity contribution in [1.82, 2.24) is 0 Å². The number of carbonyl (C=O) groups excluding carboxylic acids is 1. The number of amides is 1. The Bertz CT molecular complexity index is 577. The van der Waals surface area contributed by atoms with E-state index in [1.807, 2.05) is 17.0 Å². The van der Waals surface area contributed by atoms with Crippen LogP contribution < -0.4 is 10.6 Å². The van der Waals surface area contributed by atoms with Gasteiger partial charge in [0, 0.05) is 23.8 Å². The van der Waals surface area contributed by atoms with E-state index < -0.39 is 0 Å². The highest BCUT2D eigenvalue weighted by Gasteiger charge is 2.49. The maximum Gasteiger partial charge on any atom is 0.230 e. The molecule has 2 unspecified atom stereocenters. The van der Waals surface area contributed by atoms with Gasteiger partial charge >= 0.3 is 0 Å². The normalized spacial score (nSPS) is 28.3. The molecule has 1 heterocycles. The minimum atomic E-state index is 0.287. The fourth-order valence-electron chi connectivity index (χ4n) is 4.66. The standard InChI is InChI=1S/C19H26N2O/c20-17-9-4-10-18-14(17)8-5-11-21(18)19(22)16-12-15(16)13-6-2-1-3-7-13/h4,9-10,13,15-16H,1-3,5-8,11-12,20H2. The molecule has 0 radical (unpaired) electrons. The lowest BCUT2D eigenvalue weighted by Crippen LogP contribution is -2.37. The molecular formula is C19H26N2O. The van der Waals surface area contributed by atoms with Crippen LogP contribution in [-0.4, -0.2) is 12.5 Å². The van der Waals surface area contributed by atoms with E-state index in [2.05, 4.69) is 6.07 Å². The van der Waals surface area contributed by atoms with Gasteiger partial charge in [-0.25, -0.2) is 0 Å². The number of hydrogen-bond donors (Lipinski definition) is 1. The number of fused-ring (bicyclic) bond motifs is 1. The Labute approximate surface area is 132 Å². The van der Waals surface area contributed by atoms with Gasteiger partial charge in [0.05, 0.1) is 0 Å². The van der Waals surface area contributed by atoms with Crippen molar-refractivity contribution >= 4 is 17.3 Å². The topological polar surface area (TPSA) is 46.3 Å². The molecule has 1 aromatic carbocycles. The van der Waals surface area contributed by atoms with Crippen molar-refractivity contribution in [1.29, 1.82) is 0 Å². The van der Waals surface area contributed by atoms with E-state index >= 15 is 0 Å². The highest BCUT2D eigenvalue weighted by molar-refractivity contribution is 5.98. The summed E-state index contributed by atoms with van der Waals surface area (Å²) in [5, 5.41) is 0. The summed E-state index contributed by atoms with van der Waals surface area (Å²) in [6.45, 7) is 0.864. The highest BCUT2D eigenvalue weighted by Crippen LogP contribution is 2.51. The van der Waals surface area contributed by atoms with E-state index in [9.17, 15) is 4.79 Å². The van der Waals surface area contributed by atoms with Crippen molar-refractivity contribution in [3.05, 3.63) is 23.8 Å². The van der Waals surface area contributed by atoms with Gasteiger partial charge in [-0.1, -0.05) is 38.2 Å². The fraction of sp³-hybridized carbons (Fsp3) is 0.632. The SMILES string of the molecule is Nc1cccc2c1CCCN2C(=O)C1CC1C1CCCCC1. The Kier molecular flexibility index (Phi) is 3.59. The second-order valence-electron chi connectivity index (χ2n) is 7.34. The molecule has 2 N–H and O–H groups in total. The first-order valence-corrected chi connectivity index (χ1v) is 8.94. The third-order valence-electron chi connectivity index (χ3n) is 5.97. The molecule has 118 valence electrons. The van der Waals surface area contributed by atoms with Crippen molar-refractivity contribution in [2.45, 2.75) is 51.4 Å². The van der Waals surface area contributed by atoms with Crippen LogP contribution in [0.25, 0.3) is 0 Å². The Morgan fingerprint density at radius 3 is 2.77 bits per heavy atom. The number of nitrogens with two attached hydrogens (primary N) is 1. The first-order valence-electron chi connectivity index (χ1n) is 8.94. The van der Waals surface area contributed by atoms with Crippen LogP contribution in [0.1, 0.15) is 50.5 Å². The van der Waals surface area contributed by atoms with Crippen LogP contribution >= 0.6 is 0 Å². The summed E-state index contributed by atoms with van der Waals surface area (Å²) in [5.74, 6) is 2.13. The van der Waals surface area contributed by atoms with Crippen molar-refractivity contribution < 1.29 is 4.79 Å². The van der Waals surface area contributed by atoms with Gasteiger partial charge in [0.15, 0.2) is 0 Å². The number of benzene rings is 1. The smallest absolute Gasteiger partial charge is 0.230 e. The largest absolute Gasteiger partial charge is 0.398 e. The van der Waals surface area contributed by atoms with Gasteiger partial charge in [0.25, 0.3) is 0 Å². The Morgan fingerprint density at radius 1 is 1.14 bits per heavy atom. The van der Waals surface area contributed by atoms with Crippen LogP contribution in [0, 0.1) is 17.8 Å². The van der Waals surface area contributed by atoms with E-state index in [4.69, 9.17) is 5.73 Å². The van der Waals surface area contributed by atoms with Gasteiger partial charge in [-0.2, -0.15) is 0 Å². The van der Waals surface area contributed by atoms with Gasteiger partial charge in [0.2, 0.25) is 5.91 Å². The van der Waals surface area contributed by atoms with Crippen molar-refractivity contribution in [3.63, 3.8) is 0 Å². The minimum absolute atomic E-state index is 0.287. The van der Waals surface area contributed by atoms with Crippen LogP contribution in [0.3, 0.4) is 0 Å². The Morgan fingerprint density at radius 2 is 1.95 bits per heavy atom. The molecule has 2 aliphatic carbocycles. The van der Waals surface area contributed by atoms with Gasteiger partial charge in [-0.05, 0) is 48.8 Å². The number of anilines is 2. The van der Waals surface area contributed by atoms with Crippen molar-refractivity contribution in [2.24, 2.45) is 17.8 Å². The molecule has 0 aromatic heterocycles. The zero-order chi connectivity index (χ0) is 15.1. The fourth-order valence-corrected chi connectivity index (χ4v) is 4.66. The Balaban J connectivity index is 1.50. The van der Waals surface area contributed by atoms with Crippen molar-refractivity contribution in [3.8, 4) is 0 Å². The molecule has 3 nitrogen and oxygen atoms in total. The third kappa shape index (κ3) is 2.41. The zero-order valence-electron chi connectivity index (χ0n) is 13.3. The summed E-state index contributed by atoms with van der Waals surface area (Å²) in [4.78, 5) is 15.0. The molecular weight excluding hydrogens is 272 g/mol. The lowest BCUT2D eigenvalue weighted by atomic mass is 9.85. The van der Waals surface area contributed by atoms with E-state index in [0.29, 0.717) is 11.8 Å². The summed E-state index contributed by atoms with van der Waals surface area (Å²) in [5.41, 5.74) is 9.20. The van der Waals surface area contributed by atoms with Crippen LogP contribution in [-0.2, 0) is 11.2 Å². The molecule has 3 aliphatic rings. The van der Waals surface area contributed by atoms with Crippen LogP contribution in [0.5, 0.6) is 0 Å². The molecule has 2 saturated carbocycles. The molecule has 1 aliphatic heterocycles. The molecule has 0 spiro atoms. The van der Waals surface area contributed by atoms with E-state index in [1.165, 1.54) is 37.7 Å². The number of rotatable bonds is 2. The summed E-state index contributed by atoms with van der Waals surface area (Å²) in [6, 6.07) is 6.00. The van der Waals surface area contributed by atoms with Gasteiger partial charge in [-0.15, -0.1) is 0 Å². The first-order chi connectivity index (χ1) is 10.8. The molecule has 1 amide bonds. The number of hydrogen-bond acceptors (Lipinski definition) is 2. The second-order valence-corrected chi connectivity index (χ2v) is 7.34. The van der Waals surface area contributed by atoms with Gasteiger partial charge in [-0.3, -0.25) is 4.79 Å². The maximum atomic E-state index is 13.0. The number of nitrogens with zero attached hydrogens (tertiary/aromatic N) is 1. The zero-order valence-corrected chi connectivity index (χ0v) is 13.3. The van der Waals surface area contributed by atoms with Crippen LogP contribution in [0.15, 0.2) is 18.2 Å². The molecule has 2 atom stereocenters. The molecule has 4 rings (SSSR count). The lowest BCUT2D eigenvalue weighted by molar-refractivity contribution is -0.120. The monoisotopic (exact) mass is 298 g/mol. The number of nitrogen functional groups attached to an aromatic ring is 1. The average Bonchev–Trinajstić information content (AvgIpc) is 3.36. The van der Waals surface area contributed by atoms with Crippen LogP contribution in [0.2, 0.25) is 0 Å². The predicted molar refractivity (Wildman–Crippen MR) is 89.7 cm³/mol. The van der Waals surface area contributed by atoms with Gasteiger partial charge < -0.3 is 10.6 Å².